The minimum absolute atomic E-state index is 0.134. The normalized spacial score (nSPS) is 13.7. The molecule has 1 aromatic carbocycles. The zero-order valence-electron chi connectivity index (χ0n) is 10.1. The molecular formula is C15H13BrOS. The smallest absolute Gasteiger partial charge is 0.204 e. The highest BCUT2D eigenvalue weighted by atomic mass is 79.9. The van der Waals surface area contributed by atoms with Crippen LogP contribution in [0, 0.1) is 6.92 Å². The summed E-state index contributed by atoms with van der Waals surface area (Å²) in [6.07, 6.45) is 3.49. The van der Waals surface area contributed by atoms with Crippen LogP contribution < -0.4 is 0 Å². The van der Waals surface area contributed by atoms with E-state index >= 15 is 0 Å². The van der Waals surface area contributed by atoms with Gasteiger partial charge in [-0.25, -0.2) is 0 Å². The quantitative estimate of drug-likeness (QED) is 0.742. The van der Waals surface area contributed by atoms with E-state index in [1.807, 2.05) is 19.1 Å². The van der Waals surface area contributed by atoms with Gasteiger partial charge in [0.25, 0.3) is 0 Å². The van der Waals surface area contributed by atoms with Gasteiger partial charge in [-0.1, -0.05) is 12.1 Å². The lowest BCUT2D eigenvalue weighted by Gasteiger charge is -2.03. The Kier molecular flexibility index (Phi) is 3.12. The van der Waals surface area contributed by atoms with Gasteiger partial charge in [0.15, 0.2) is 0 Å². The number of carbonyl (C=O) groups is 1. The molecule has 1 aromatic heterocycles. The van der Waals surface area contributed by atoms with Crippen molar-refractivity contribution in [3.05, 3.63) is 55.2 Å². The largest absolute Gasteiger partial charge is 0.288 e. The molecule has 0 saturated heterocycles. The van der Waals surface area contributed by atoms with Crippen molar-refractivity contribution >= 4 is 33.0 Å². The zero-order chi connectivity index (χ0) is 12.7. The van der Waals surface area contributed by atoms with Crippen molar-refractivity contribution in [3.8, 4) is 0 Å². The highest BCUT2D eigenvalue weighted by molar-refractivity contribution is 9.10. The van der Waals surface area contributed by atoms with Gasteiger partial charge in [0, 0.05) is 14.9 Å². The van der Waals surface area contributed by atoms with Crippen LogP contribution in [-0.2, 0) is 12.8 Å². The maximum atomic E-state index is 12.5. The number of halogens is 1. The molecule has 0 unspecified atom stereocenters. The van der Waals surface area contributed by atoms with Crippen molar-refractivity contribution < 1.29 is 4.79 Å². The van der Waals surface area contributed by atoms with Gasteiger partial charge in [-0.15, -0.1) is 11.3 Å². The van der Waals surface area contributed by atoms with Gasteiger partial charge in [-0.2, -0.15) is 0 Å². The lowest BCUT2D eigenvalue weighted by molar-refractivity contribution is 0.104. The Morgan fingerprint density at radius 2 is 2.00 bits per heavy atom. The Bertz CT molecular complexity index is 627. The summed E-state index contributed by atoms with van der Waals surface area (Å²) in [5.41, 5.74) is 3.58. The number of thiophene rings is 1. The third-order valence-corrected chi connectivity index (χ3v) is 5.31. The van der Waals surface area contributed by atoms with Crippen molar-refractivity contribution in [3.63, 3.8) is 0 Å². The van der Waals surface area contributed by atoms with E-state index in [1.165, 1.54) is 17.5 Å². The Labute approximate surface area is 119 Å². The number of hydrogen-bond acceptors (Lipinski definition) is 2. The van der Waals surface area contributed by atoms with Crippen LogP contribution in [0.2, 0.25) is 0 Å². The number of ketones is 1. The molecule has 0 aliphatic heterocycles. The molecule has 92 valence electrons. The van der Waals surface area contributed by atoms with Crippen molar-refractivity contribution in [1.29, 1.82) is 0 Å². The predicted octanol–water partition coefficient (Wildman–Crippen LogP) is 4.54. The second-order valence-corrected chi connectivity index (χ2v) is 6.81. The van der Waals surface area contributed by atoms with Gasteiger partial charge < -0.3 is 0 Å². The maximum Gasteiger partial charge on any atom is 0.204 e. The fourth-order valence-electron chi connectivity index (χ4n) is 2.48. The molecule has 1 heterocycles. The van der Waals surface area contributed by atoms with E-state index < -0.39 is 0 Å². The first kappa shape index (κ1) is 12.1. The van der Waals surface area contributed by atoms with Crippen LogP contribution in [0.15, 0.2) is 28.7 Å². The fourth-order valence-corrected chi connectivity index (χ4v) is 4.27. The Balaban J connectivity index is 2.00. The molecule has 0 atom stereocenters. The van der Waals surface area contributed by atoms with E-state index in [2.05, 4.69) is 28.1 Å². The molecule has 1 aliphatic rings. The highest BCUT2D eigenvalue weighted by Gasteiger charge is 2.18. The summed E-state index contributed by atoms with van der Waals surface area (Å²) in [7, 11) is 0. The lowest BCUT2D eigenvalue weighted by atomic mass is 10.0. The molecule has 2 aromatic rings. The molecule has 0 amide bonds. The molecule has 18 heavy (non-hydrogen) atoms. The molecule has 0 bridgehead atoms. The van der Waals surface area contributed by atoms with Gasteiger partial charge >= 0.3 is 0 Å². The molecule has 3 heteroatoms. The highest BCUT2D eigenvalue weighted by Crippen LogP contribution is 2.30. The van der Waals surface area contributed by atoms with Crippen molar-refractivity contribution in [1.82, 2.24) is 0 Å². The Morgan fingerprint density at radius 3 is 2.72 bits per heavy atom. The standard InChI is InChI=1S/C15H13BrOS/c1-9-7-13(16)15(18-9)14(17)12-6-5-10-3-2-4-11(10)8-12/h5-8H,2-4H2,1H3. The molecule has 1 aliphatic carbocycles. The minimum Gasteiger partial charge on any atom is -0.288 e. The van der Waals surface area contributed by atoms with Crippen LogP contribution >= 0.6 is 27.3 Å². The van der Waals surface area contributed by atoms with Crippen LogP contribution in [-0.4, -0.2) is 5.78 Å². The maximum absolute atomic E-state index is 12.5. The molecule has 3 rings (SSSR count). The number of hydrogen-bond donors (Lipinski definition) is 0. The van der Waals surface area contributed by atoms with Gasteiger partial charge in [-0.3, -0.25) is 4.79 Å². The first-order chi connectivity index (χ1) is 8.65. The SMILES string of the molecule is Cc1cc(Br)c(C(=O)c2ccc3c(c2)CCC3)s1. The van der Waals surface area contributed by atoms with E-state index in [0.29, 0.717) is 0 Å². The first-order valence-electron chi connectivity index (χ1n) is 6.07. The fraction of sp³-hybridized carbons (Fsp3) is 0.267. The summed E-state index contributed by atoms with van der Waals surface area (Å²) in [6.45, 7) is 2.02. The minimum atomic E-state index is 0.134. The van der Waals surface area contributed by atoms with Crippen LogP contribution in [0.5, 0.6) is 0 Å². The van der Waals surface area contributed by atoms with Crippen LogP contribution in [0.3, 0.4) is 0 Å². The van der Waals surface area contributed by atoms with Crippen molar-refractivity contribution in [2.75, 3.05) is 0 Å². The summed E-state index contributed by atoms with van der Waals surface area (Å²) < 4.78 is 0.912. The lowest BCUT2D eigenvalue weighted by Crippen LogP contribution is -2.00. The summed E-state index contributed by atoms with van der Waals surface area (Å²) in [6, 6.07) is 8.16. The predicted molar refractivity (Wildman–Crippen MR) is 78.7 cm³/mol. The number of carbonyl (C=O) groups excluding carboxylic acids is 1. The summed E-state index contributed by atoms with van der Waals surface area (Å²) in [5.74, 6) is 0.134. The molecular weight excluding hydrogens is 308 g/mol. The average molecular weight is 321 g/mol. The van der Waals surface area contributed by atoms with E-state index in [0.717, 1.165) is 32.6 Å². The number of aryl methyl sites for hydroxylation is 3. The molecule has 0 fully saturated rings. The summed E-state index contributed by atoms with van der Waals surface area (Å²) >= 11 is 5.02. The van der Waals surface area contributed by atoms with E-state index in [4.69, 9.17) is 0 Å². The number of benzene rings is 1. The van der Waals surface area contributed by atoms with Crippen molar-refractivity contribution in [2.45, 2.75) is 26.2 Å². The van der Waals surface area contributed by atoms with Crippen LogP contribution in [0.4, 0.5) is 0 Å². The third-order valence-electron chi connectivity index (χ3n) is 3.38. The molecule has 1 nitrogen and oxygen atoms in total. The summed E-state index contributed by atoms with van der Waals surface area (Å²) in [5, 5.41) is 0. The van der Waals surface area contributed by atoms with Gasteiger partial charge in [0.05, 0.1) is 4.88 Å². The molecule has 0 saturated carbocycles. The average Bonchev–Trinajstić information content (AvgIpc) is 2.93. The molecule has 0 radical (unpaired) electrons. The van der Waals surface area contributed by atoms with Gasteiger partial charge in [0.2, 0.25) is 5.78 Å². The summed E-state index contributed by atoms with van der Waals surface area (Å²) in [4.78, 5) is 14.4. The van der Waals surface area contributed by atoms with E-state index in [-0.39, 0.29) is 5.78 Å². The molecule has 0 N–H and O–H groups in total. The number of fused-ring (bicyclic) bond motifs is 1. The Hall–Kier alpha value is -0.930. The van der Waals surface area contributed by atoms with Gasteiger partial charge in [0.1, 0.15) is 0 Å². The number of rotatable bonds is 2. The topological polar surface area (TPSA) is 17.1 Å². The zero-order valence-corrected chi connectivity index (χ0v) is 12.5. The van der Waals surface area contributed by atoms with Crippen molar-refractivity contribution in [2.24, 2.45) is 0 Å². The molecule has 0 spiro atoms. The van der Waals surface area contributed by atoms with Gasteiger partial charge in [-0.05, 0) is 65.4 Å². The monoisotopic (exact) mass is 320 g/mol. The van der Waals surface area contributed by atoms with Crippen LogP contribution in [0.25, 0.3) is 0 Å². The Morgan fingerprint density at radius 1 is 1.22 bits per heavy atom. The van der Waals surface area contributed by atoms with E-state index in [1.54, 1.807) is 11.3 Å². The van der Waals surface area contributed by atoms with E-state index in [9.17, 15) is 4.79 Å². The second kappa shape index (κ2) is 4.63. The third kappa shape index (κ3) is 2.06. The van der Waals surface area contributed by atoms with Crippen LogP contribution in [0.1, 0.15) is 37.7 Å². The first-order valence-corrected chi connectivity index (χ1v) is 7.68. The second-order valence-electron chi connectivity index (χ2n) is 4.70.